The number of rotatable bonds is 8. The molecule has 0 unspecified atom stereocenters. The molecule has 0 saturated heterocycles. The first kappa shape index (κ1) is 18.7. The minimum absolute atomic E-state index is 0.185. The van der Waals surface area contributed by atoms with Crippen molar-refractivity contribution < 1.29 is 9.53 Å². The van der Waals surface area contributed by atoms with E-state index in [1.807, 2.05) is 78.4 Å². The molecule has 3 aromatic rings. The molecule has 0 bridgehead atoms. The number of hydrogen-bond donors (Lipinski definition) is 1. The maximum atomic E-state index is 12.7. The van der Waals surface area contributed by atoms with Crippen LogP contribution in [0.4, 0.5) is 5.69 Å². The number of ether oxygens (including phenoxy) is 1. The van der Waals surface area contributed by atoms with E-state index in [0.717, 1.165) is 17.8 Å². The number of aromatic nitrogens is 2. The van der Waals surface area contributed by atoms with Gasteiger partial charge in [-0.05, 0) is 50.0 Å². The SMILES string of the molecule is CN(C)CCOc1ccccc1C(=O)Nc1ccc(Cn2cccn2)cc1. The number of anilines is 1. The van der Waals surface area contributed by atoms with Crippen LogP contribution in [0.3, 0.4) is 0 Å². The van der Waals surface area contributed by atoms with Gasteiger partial charge in [-0.15, -0.1) is 0 Å². The van der Waals surface area contributed by atoms with E-state index in [-0.39, 0.29) is 5.91 Å². The highest BCUT2D eigenvalue weighted by atomic mass is 16.5. The highest BCUT2D eigenvalue weighted by Gasteiger charge is 2.12. The number of carbonyl (C=O) groups is 1. The van der Waals surface area contributed by atoms with E-state index >= 15 is 0 Å². The van der Waals surface area contributed by atoms with Crippen molar-refractivity contribution in [2.75, 3.05) is 32.6 Å². The molecule has 1 amide bonds. The minimum Gasteiger partial charge on any atom is -0.491 e. The average Bonchev–Trinajstić information content (AvgIpc) is 3.16. The van der Waals surface area contributed by atoms with Gasteiger partial charge in [-0.3, -0.25) is 9.48 Å². The molecule has 3 rings (SSSR count). The molecule has 140 valence electrons. The van der Waals surface area contributed by atoms with Gasteiger partial charge < -0.3 is 15.0 Å². The second-order valence-electron chi connectivity index (χ2n) is 6.50. The van der Waals surface area contributed by atoms with Gasteiger partial charge in [-0.1, -0.05) is 24.3 Å². The van der Waals surface area contributed by atoms with Crippen LogP contribution in [0.1, 0.15) is 15.9 Å². The van der Waals surface area contributed by atoms with Crippen molar-refractivity contribution in [3.05, 3.63) is 78.1 Å². The van der Waals surface area contributed by atoms with Crippen molar-refractivity contribution >= 4 is 11.6 Å². The normalized spacial score (nSPS) is 10.8. The lowest BCUT2D eigenvalue weighted by Crippen LogP contribution is -2.20. The molecule has 0 radical (unpaired) electrons. The summed E-state index contributed by atoms with van der Waals surface area (Å²) >= 11 is 0. The molecule has 2 aromatic carbocycles. The molecule has 1 aromatic heterocycles. The van der Waals surface area contributed by atoms with Crippen LogP contribution in [0, 0.1) is 0 Å². The Bertz CT molecular complexity index is 858. The predicted octanol–water partition coefficient (Wildman–Crippen LogP) is 3.12. The van der Waals surface area contributed by atoms with E-state index in [0.29, 0.717) is 24.5 Å². The first-order chi connectivity index (χ1) is 13.1. The lowest BCUT2D eigenvalue weighted by Gasteiger charge is -2.14. The Balaban J connectivity index is 1.63. The van der Waals surface area contributed by atoms with Gasteiger partial charge >= 0.3 is 0 Å². The van der Waals surface area contributed by atoms with Crippen LogP contribution < -0.4 is 10.1 Å². The summed E-state index contributed by atoms with van der Waals surface area (Å²) in [7, 11) is 3.97. The van der Waals surface area contributed by atoms with E-state index < -0.39 is 0 Å². The second-order valence-corrected chi connectivity index (χ2v) is 6.50. The fourth-order valence-electron chi connectivity index (χ4n) is 2.59. The number of nitrogens with zero attached hydrogens (tertiary/aromatic N) is 3. The third-order valence-corrected chi connectivity index (χ3v) is 4.04. The minimum atomic E-state index is -0.185. The van der Waals surface area contributed by atoms with Crippen molar-refractivity contribution in [2.45, 2.75) is 6.54 Å². The van der Waals surface area contributed by atoms with Crippen molar-refractivity contribution in [1.29, 1.82) is 0 Å². The molecule has 0 aliphatic carbocycles. The average molecular weight is 364 g/mol. The Hall–Kier alpha value is -3.12. The lowest BCUT2D eigenvalue weighted by molar-refractivity contribution is 0.102. The summed E-state index contributed by atoms with van der Waals surface area (Å²) in [4.78, 5) is 14.7. The zero-order valence-corrected chi connectivity index (χ0v) is 15.6. The van der Waals surface area contributed by atoms with Crippen molar-refractivity contribution in [3.63, 3.8) is 0 Å². The van der Waals surface area contributed by atoms with E-state index in [1.165, 1.54) is 0 Å². The zero-order chi connectivity index (χ0) is 19.1. The first-order valence-electron chi connectivity index (χ1n) is 8.86. The summed E-state index contributed by atoms with van der Waals surface area (Å²) in [6, 6.07) is 16.9. The van der Waals surface area contributed by atoms with Gasteiger partial charge in [0.05, 0.1) is 12.1 Å². The number of amides is 1. The Morgan fingerprint density at radius 1 is 1.11 bits per heavy atom. The quantitative estimate of drug-likeness (QED) is 0.667. The number of benzene rings is 2. The van der Waals surface area contributed by atoms with Crippen LogP contribution in [0.2, 0.25) is 0 Å². The molecule has 27 heavy (non-hydrogen) atoms. The van der Waals surface area contributed by atoms with Crippen LogP contribution in [0.15, 0.2) is 67.0 Å². The number of likely N-dealkylation sites (N-methyl/N-ethyl adjacent to an activating group) is 1. The van der Waals surface area contributed by atoms with Crippen molar-refractivity contribution in [2.24, 2.45) is 0 Å². The molecule has 0 atom stereocenters. The fourth-order valence-corrected chi connectivity index (χ4v) is 2.59. The number of hydrogen-bond acceptors (Lipinski definition) is 4. The van der Waals surface area contributed by atoms with Crippen LogP contribution in [-0.4, -0.2) is 47.8 Å². The Kier molecular flexibility index (Phi) is 6.22. The van der Waals surface area contributed by atoms with Gasteiger partial charge in [0.2, 0.25) is 0 Å². The maximum absolute atomic E-state index is 12.7. The molecular weight excluding hydrogens is 340 g/mol. The molecular formula is C21H24N4O2. The van der Waals surface area contributed by atoms with Gasteiger partial charge in [0.1, 0.15) is 12.4 Å². The summed E-state index contributed by atoms with van der Waals surface area (Å²) in [5.74, 6) is 0.405. The molecule has 0 fully saturated rings. The summed E-state index contributed by atoms with van der Waals surface area (Å²) in [5, 5.41) is 7.13. The predicted molar refractivity (Wildman–Crippen MR) is 106 cm³/mol. The maximum Gasteiger partial charge on any atom is 0.259 e. The number of para-hydroxylation sites is 1. The lowest BCUT2D eigenvalue weighted by atomic mass is 10.1. The molecule has 1 N–H and O–H groups in total. The zero-order valence-electron chi connectivity index (χ0n) is 15.6. The topological polar surface area (TPSA) is 59.4 Å². The van der Waals surface area contributed by atoms with Crippen LogP contribution in [-0.2, 0) is 6.54 Å². The molecule has 6 heteroatoms. The molecule has 0 saturated carbocycles. The van der Waals surface area contributed by atoms with Crippen LogP contribution in [0.5, 0.6) is 5.75 Å². The fraction of sp³-hybridized carbons (Fsp3) is 0.238. The van der Waals surface area contributed by atoms with Gasteiger partial charge in [0.15, 0.2) is 0 Å². The monoisotopic (exact) mass is 364 g/mol. The van der Waals surface area contributed by atoms with Crippen LogP contribution in [0.25, 0.3) is 0 Å². The smallest absolute Gasteiger partial charge is 0.259 e. The van der Waals surface area contributed by atoms with Crippen molar-refractivity contribution in [3.8, 4) is 5.75 Å². The van der Waals surface area contributed by atoms with Gasteiger partial charge in [-0.2, -0.15) is 5.10 Å². The third-order valence-electron chi connectivity index (χ3n) is 4.04. The van der Waals surface area contributed by atoms with Crippen molar-refractivity contribution in [1.82, 2.24) is 14.7 Å². The molecule has 0 spiro atoms. The van der Waals surface area contributed by atoms with Gasteiger partial charge in [0.25, 0.3) is 5.91 Å². The van der Waals surface area contributed by atoms with E-state index in [2.05, 4.69) is 10.4 Å². The van der Waals surface area contributed by atoms with Gasteiger partial charge in [-0.25, -0.2) is 0 Å². The molecule has 0 aliphatic rings. The molecule has 6 nitrogen and oxygen atoms in total. The highest BCUT2D eigenvalue weighted by molar-refractivity contribution is 6.06. The largest absolute Gasteiger partial charge is 0.491 e. The third kappa shape index (κ3) is 5.43. The Morgan fingerprint density at radius 2 is 1.89 bits per heavy atom. The summed E-state index contributed by atoms with van der Waals surface area (Å²) < 4.78 is 7.63. The Morgan fingerprint density at radius 3 is 2.59 bits per heavy atom. The summed E-state index contributed by atoms with van der Waals surface area (Å²) in [5.41, 5.74) is 2.38. The standard InChI is InChI=1S/C21H24N4O2/c1-24(2)14-15-27-20-7-4-3-6-19(20)21(26)23-18-10-8-17(9-11-18)16-25-13-5-12-22-25/h3-13H,14-16H2,1-2H3,(H,23,26). The second kappa shape index (κ2) is 9.00. The van der Waals surface area contributed by atoms with E-state index in [1.54, 1.807) is 12.3 Å². The van der Waals surface area contributed by atoms with Gasteiger partial charge in [0, 0.05) is 24.6 Å². The first-order valence-corrected chi connectivity index (χ1v) is 8.86. The van der Waals surface area contributed by atoms with Crippen LogP contribution >= 0.6 is 0 Å². The number of nitrogens with one attached hydrogen (secondary N) is 1. The Labute approximate surface area is 159 Å². The summed E-state index contributed by atoms with van der Waals surface area (Å²) in [6.07, 6.45) is 3.68. The molecule has 0 aliphatic heterocycles. The molecule has 1 heterocycles. The number of carbonyl (C=O) groups excluding carboxylic acids is 1. The summed E-state index contributed by atoms with van der Waals surface area (Å²) in [6.45, 7) is 2.01. The van der Waals surface area contributed by atoms with E-state index in [9.17, 15) is 4.79 Å². The highest BCUT2D eigenvalue weighted by Crippen LogP contribution is 2.20. The van der Waals surface area contributed by atoms with E-state index in [4.69, 9.17) is 4.74 Å².